The Balaban J connectivity index is 2.12. The van der Waals surface area contributed by atoms with Gasteiger partial charge >= 0.3 is 5.97 Å². The highest BCUT2D eigenvalue weighted by molar-refractivity contribution is 5.76. The van der Waals surface area contributed by atoms with E-state index in [-0.39, 0.29) is 24.7 Å². The van der Waals surface area contributed by atoms with Gasteiger partial charge in [0.25, 0.3) is 0 Å². The third kappa shape index (κ3) is 2.71. The topological polar surface area (TPSA) is 49.8 Å². The molecule has 98 valence electrons. The average Bonchev–Trinajstić information content (AvgIpc) is 2.82. The molecule has 4 heteroatoms. The molecule has 0 unspecified atom stereocenters. The lowest BCUT2D eigenvalue weighted by Gasteiger charge is -2.27. The number of benzene rings is 1. The summed E-state index contributed by atoms with van der Waals surface area (Å²) in [6, 6.07) is 9.80. The first-order valence-electron chi connectivity index (χ1n) is 6.24. The molecule has 2 atom stereocenters. The Kier molecular flexibility index (Phi) is 4.33. The van der Waals surface area contributed by atoms with Crippen LogP contribution in [0.1, 0.15) is 18.4 Å². The lowest BCUT2D eigenvalue weighted by molar-refractivity contribution is -0.146. The molecule has 0 aliphatic carbocycles. The third-order valence-electron chi connectivity index (χ3n) is 3.53. The number of methoxy groups -OCH3 is 1. The van der Waals surface area contributed by atoms with Crippen molar-refractivity contribution in [3.8, 4) is 0 Å². The molecular formula is C14H19NO3. The monoisotopic (exact) mass is 249 g/mol. The summed E-state index contributed by atoms with van der Waals surface area (Å²) in [4.78, 5) is 13.8. The van der Waals surface area contributed by atoms with Crippen LogP contribution in [-0.2, 0) is 16.1 Å². The molecule has 0 amide bonds. The molecule has 1 aliphatic heterocycles. The van der Waals surface area contributed by atoms with Gasteiger partial charge in [0.2, 0.25) is 0 Å². The Hall–Kier alpha value is -1.39. The van der Waals surface area contributed by atoms with Gasteiger partial charge in [-0.15, -0.1) is 0 Å². The number of likely N-dealkylation sites (tertiary alicyclic amines) is 1. The van der Waals surface area contributed by atoms with E-state index in [0.29, 0.717) is 6.54 Å². The van der Waals surface area contributed by atoms with Crippen molar-refractivity contribution < 1.29 is 14.6 Å². The van der Waals surface area contributed by atoms with Crippen LogP contribution in [0.15, 0.2) is 30.3 Å². The first kappa shape index (κ1) is 13.1. The molecule has 0 radical (unpaired) electrons. The smallest absolute Gasteiger partial charge is 0.323 e. The van der Waals surface area contributed by atoms with Gasteiger partial charge in [-0.2, -0.15) is 0 Å². The van der Waals surface area contributed by atoms with Crippen LogP contribution >= 0.6 is 0 Å². The van der Waals surface area contributed by atoms with Crippen molar-refractivity contribution in [3.63, 3.8) is 0 Å². The highest BCUT2D eigenvalue weighted by Crippen LogP contribution is 2.26. The van der Waals surface area contributed by atoms with Crippen molar-refractivity contribution in [1.82, 2.24) is 4.90 Å². The first-order chi connectivity index (χ1) is 8.76. The summed E-state index contributed by atoms with van der Waals surface area (Å²) < 4.78 is 4.83. The van der Waals surface area contributed by atoms with E-state index < -0.39 is 0 Å². The van der Waals surface area contributed by atoms with Crippen molar-refractivity contribution >= 4 is 5.97 Å². The predicted octanol–water partition coefficient (Wildman–Crippen LogP) is 1.18. The van der Waals surface area contributed by atoms with E-state index in [9.17, 15) is 9.90 Å². The SMILES string of the molecule is COC(=O)[C@@H]1CC[C@H](CO)N1Cc1ccccc1. The maximum atomic E-state index is 11.7. The van der Waals surface area contributed by atoms with Gasteiger partial charge in [-0.3, -0.25) is 9.69 Å². The number of nitrogens with zero attached hydrogens (tertiary/aromatic N) is 1. The van der Waals surface area contributed by atoms with E-state index in [4.69, 9.17) is 4.74 Å². The molecule has 4 nitrogen and oxygen atoms in total. The van der Waals surface area contributed by atoms with Crippen LogP contribution in [0.3, 0.4) is 0 Å². The molecule has 1 saturated heterocycles. The molecule has 1 aromatic carbocycles. The van der Waals surface area contributed by atoms with Crippen molar-refractivity contribution in [1.29, 1.82) is 0 Å². The Labute approximate surface area is 107 Å². The van der Waals surface area contributed by atoms with Crippen LogP contribution in [0, 0.1) is 0 Å². The minimum absolute atomic E-state index is 0.0503. The summed E-state index contributed by atoms with van der Waals surface area (Å²) in [5.41, 5.74) is 1.15. The van der Waals surface area contributed by atoms with Crippen molar-refractivity contribution in [2.75, 3.05) is 13.7 Å². The number of hydrogen-bond acceptors (Lipinski definition) is 4. The second-order valence-corrected chi connectivity index (χ2v) is 4.61. The van der Waals surface area contributed by atoms with Crippen molar-refractivity contribution in [2.24, 2.45) is 0 Å². The van der Waals surface area contributed by atoms with E-state index in [0.717, 1.165) is 18.4 Å². The van der Waals surface area contributed by atoms with Gasteiger partial charge in [0.05, 0.1) is 13.7 Å². The second-order valence-electron chi connectivity index (χ2n) is 4.61. The minimum Gasteiger partial charge on any atom is -0.468 e. The van der Waals surface area contributed by atoms with Crippen LogP contribution < -0.4 is 0 Å². The fourth-order valence-electron chi connectivity index (χ4n) is 2.56. The molecule has 0 saturated carbocycles. The molecule has 0 spiro atoms. The Morgan fingerprint density at radius 3 is 2.72 bits per heavy atom. The summed E-state index contributed by atoms with van der Waals surface area (Å²) in [6.45, 7) is 0.756. The second kappa shape index (κ2) is 5.98. The van der Waals surface area contributed by atoms with E-state index in [1.165, 1.54) is 7.11 Å². The van der Waals surface area contributed by atoms with Crippen LogP contribution in [-0.4, -0.2) is 41.8 Å². The third-order valence-corrected chi connectivity index (χ3v) is 3.53. The van der Waals surface area contributed by atoms with Gasteiger partial charge in [-0.05, 0) is 18.4 Å². The zero-order chi connectivity index (χ0) is 13.0. The quantitative estimate of drug-likeness (QED) is 0.814. The van der Waals surface area contributed by atoms with E-state index >= 15 is 0 Å². The van der Waals surface area contributed by atoms with Crippen molar-refractivity contribution in [2.45, 2.75) is 31.5 Å². The first-order valence-corrected chi connectivity index (χ1v) is 6.24. The van der Waals surface area contributed by atoms with E-state index in [2.05, 4.69) is 0 Å². The lowest BCUT2D eigenvalue weighted by Crippen LogP contribution is -2.42. The molecular weight excluding hydrogens is 230 g/mol. The minimum atomic E-state index is -0.229. The summed E-state index contributed by atoms with van der Waals surface area (Å²) >= 11 is 0. The highest BCUT2D eigenvalue weighted by Gasteiger charge is 2.37. The molecule has 0 bridgehead atoms. The average molecular weight is 249 g/mol. The Morgan fingerprint density at radius 2 is 2.11 bits per heavy atom. The van der Waals surface area contributed by atoms with Crippen LogP contribution in [0.4, 0.5) is 0 Å². The molecule has 1 fully saturated rings. The molecule has 18 heavy (non-hydrogen) atoms. The van der Waals surface area contributed by atoms with Gasteiger partial charge in [-0.1, -0.05) is 30.3 Å². The fraction of sp³-hybridized carbons (Fsp3) is 0.500. The zero-order valence-corrected chi connectivity index (χ0v) is 10.6. The number of carbonyl (C=O) groups excluding carboxylic acids is 1. The standard InChI is InChI=1S/C14H19NO3/c1-18-14(17)13-8-7-12(10-16)15(13)9-11-5-3-2-4-6-11/h2-6,12-13,16H,7-10H2,1H3/t12-,13+/m1/s1. The Bertz CT molecular complexity index is 393. The normalized spacial score (nSPS) is 24.1. The van der Waals surface area contributed by atoms with E-state index in [1.807, 2.05) is 35.2 Å². The number of ether oxygens (including phenoxy) is 1. The number of carbonyl (C=O) groups is 1. The number of hydrogen-bond donors (Lipinski definition) is 1. The van der Waals surface area contributed by atoms with Crippen LogP contribution in [0.5, 0.6) is 0 Å². The maximum absolute atomic E-state index is 11.7. The van der Waals surface area contributed by atoms with E-state index in [1.54, 1.807) is 0 Å². The lowest BCUT2D eigenvalue weighted by atomic mass is 10.2. The molecule has 1 aromatic rings. The molecule has 1 aliphatic rings. The van der Waals surface area contributed by atoms with Gasteiger partial charge in [0, 0.05) is 12.6 Å². The highest BCUT2D eigenvalue weighted by atomic mass is 16.5. The summed E-state index contributed by atoms with van der Waals surface area (Å²) in [5.74, 6) is -0.207. The molecule has 2 rings (SSSR count). The van der Waals surface area contributed by atoms with Crippen molar-refractivity contribution in [3.05, 3.63) is 35.9 Å². The molecule has 1 heterocycles. The van der Waals surface area contributed by atoms with Gasteiger partial charge < -0.3 is 9.84 Å². The molecule has 0 aromatic heterocycles. The van der Waals surface area contributed by atoms with Crippen LogP contribution in [0.25, 0.3) is 0 Å². The Morgan fingerprint density at radius 1 is 1.39 bits per heavy atom. The number of aliphatic hydroxyl groups excluding tert-OH is 1. The van der Waals surface area contributed by atoms with Gasteiger partial charge in [0.1, 0.15) is 6.04 Å². The van der Waals surface area contributed by atoms with Gasteiger partial charge in [0.15, 0.2) is 0 Å². The van der Waals surface area contributed by atoms with Crippen LogP contribution in [0.2, 0.25) is 0 Å². The fourth-order valence-corrected chi connectivity index (χ4v) is 2.56. The summed E-state index contributed by atoms with van der Waals surface area (Å²) in [5, 5.41) is 9.39. The number of aliphatic hydroxyl groups is 1. The number of esters is 1. The predicted molar refractivity (Wildman–Crippen MR) is 67.9 cm³/mol. The number of rotatable bonds is 4. The summed E-state index contributed by atoms with van der Waals surface area (Å²) in [6.07, 6.45) is 1.59. The maximum Gasteiger partial charge on any atom is 0.323 e. The molecule has 1 N–H and O–H groups in total. The zero-order valence-electron chi connectivity index (χ0n) is 10.6. The van der Waals surface area contributed by atoms with Gasteiger partial charge in [-0.25, -0.2) is 0 Å². The summed E-state index contributed by atoms with van der Waals surface area (Å²) in [7, 11) is 1.41. The largest absolute Gasteiger partial charge is 0.468 e.